The molecular formula is C11H16N2O2. The molecular weight excluding hydrogens is 192 g/mol. The molecule has 1 amide bonds. The lowest BCUT2D eigenvalue weighted by atomic mass is 10.1. The molecule has 0 aliphatic heterocycles. The summed E-state index contributed by atoms with van der Waals surface area (Å²) in [6.45, 7) is 2.18. The van der Waals surface area contributed by atoms with E-state index in [0.29, 0.717) is 6.42 Å². The quantitative estimate of drug-likeness (QED) is 0.773. The maximum absolute atomic E-state index is 10.3. The summed E-state index contributed by atoms with van der Waals surface area (Å²) in [5, 5.41) is 0. The van der Waals surface area contributed by atoms with Gasteiger partial charge in [-0.25, -0.2) is 4.79 Å². The van der Waals surface area contributed by atoms with Gasteiger partial charge in [0, 0.05) is 6.04 Å². The van der Waals surface area contributed by atoms with Gasteiger partial charge >= 0.3 is 6.09 Å². The number of carbonyl (C=O) groups excluding carboxylic acids is 1. The molecule has 1 aromatic rings. The van der Waals surface area contributed by atoms with Crippen LogP contribution in [0.5, 0.6) is 0 Å². The zero-order chi connectivity index (χ0) is 11.3. The van der Waals surface area contributed by atoms with Crippen LogP contribution in [0.4, 0.5) is 4.79 Å². The van der Waals surface area contributed by atoms with Gasteiger partial charge in [-0.15, -0.1) is 0 Å². The number of benzene rings is 1. The Kier molecular flexibility index (Phi) is 4.12. The molecule has 1 unspecified atom stereocenters. The fourth-order valence-electron chi connectivity index (χ4n) is 1.28. The van der Waals surface area contributed by atoms with E-state index in [2.05, 4.69) is 4.74 Å². The predicted molar refractivity (Wildman–Crippen MR) is 58.4 cm³/mol. The molecule has 0 saturated carbocycles. The SMILES string of the molecule is Cc1ccc(CC(N)COC(N)=O)cc1. The lowest BCUT2D eigenvalue weighted by molar-refractivity contribution is 0.149. The van der Waals surface area contributed by atoms with E-state index >= 15 is 0 Å². The van der Waals surface area contributed by atoms with Crippen molar-refractivity contribution < 1.29 is 9.53 Å². The highest BCUT2D eigenvalue weighted by molar-refractivity contribution is 5.64. The molecule has 0 aromatic heterocycles. The van der Waals surface area contributed by atoms with E-state index in [1.54, 1.807) is 0 Å². The van der Waals surface area contributed by atoms with Crippen LogP contribution in [-0.4, -0.2) is 18.7 Å². The van der Waals surface area contributed by atoms with Crippen molar-refractivity contribution in [2.24, 2.45) is 11.5 Å². The highest BCUT2D eigenvalue weighted by atomic mass is 16.5. The summed E-state index contributed by atoms with van der Waals surface area (Å²) < 4.78 is 4.61. The van der Waals surface area contributed by atoms with Gasteiger partial charge in [-0.2, -0.15) is 0 Å². The minimum absolute atomic E-state index is 0.156. The molecule has 0 spiro atoms. The van der Waals surface area contributed by atoms with E-state index < -0.39 is 6.09 Å². The Bertz CT molecular complexity index is 322. The molecule has 0 heterocycles. The molecule has 0 aliphatic carbocycles. The predicted octanol–water partition coefficient (Wildman–Crippen LogP) is 0.960. The number of hydrogen-bond donors (Lipinski definition) is 2. The van der Waals surface area contributed by atoms with Crippen LogP contribution in [0, 0.1) is 6.92 Å². The van der Waals surface area contributed by atoms with Gasteiger partial charge in [0.05, 0.1) is 0 Å². The van der Waals surface area contributed by atoms with Crippen LogP contribution in [0.25, 0.3) is 0 Å². The normalized spacial score (nSPS) is 12.1. The second kappa shape index (κ2) is 5.36. The first-order valence-corrected chi connectivity index (χ1v) is 4.81. The van der Waals surface area contributed by atoms with Gasteiger partial charge in [-0.05, 0) is 18.9 Å². The van der Waals surface area contributed by atoms with Crippen molar-refractivity contribution in [3.8, 4) is 0 Å². The van der Waals surface area contributed by atoms with Crippen LogP contribution in [-0.2, 0) is 11.2 Å². The van der Waals surface area contributed by atoms with Crippen molar-refractivity contribution >= 4 is 6.09 Å². The zero-order valence-electron chi connectivity index (χ0n) is 8.77. The zero-order valence-corrected chi connectivity index (χ0v) is 8.77. The van der Waals surface area contributed by atoms with Gasteiger partial charge in [-0.1, -0.05) is 29.8 Å². The van der Waals surface area contributed by atoms with E-state index in [0.717, 1.165) is 5.56 Å². The van der Waals surface area contributed by atoms with Crippen LogP contribution in [0.3, 0.4) is 0 Å². The van der Waals surface area contributed by atoms with Crippen LogP contribution in [0.2, 0.25) is 0 Å². The molecule has 15 heavy (non-hydrogen) atoms. The highest BCUT2D eigenvalue weighted by Gasteiger charge is 2.05. The number of rotatable bonds is 4. The van der Waals surface area contributed by atoms with Crippen molar-refractivity contribution in [2.75, 3.05) is 6.61 Å². The summed E-state index contributed by atoms with van der Waals surface area (Å²) in [6.07, 6.45) is -0.109. The van der Waals surface area contributed by atoms with Gasteiger partial charge < -0.3 is 16.2 Å². The van der Waals surface area contributed by atoms with Crippen LogP contribution < -0.4 is 11.5 Å². The number of aryl methyl sites for hydroxylation is 1. The lowest BCUT2D eigenvalue weighted by Gasteiger charge is -2.11. The summed E-state index contributed by atoms with van der Waals surface area (Å²) in [5.41, 5.74) is 12.9. The maximum atomic E-state index is 10.3. The summed E-state index contributed by atoms with van der Waals surface area (Å²) in [7, 11) is 0. The largest absolute Gasteiger partial charge is 0.448 e. The fourth-order valence-corrected chi connectivity index (χ4v) is 1.28. The van der Waals surface area contributed by atoms with Gasteiger partial charge in [0.15, 0.2) is 0 Å². The van der Waals surface area contributed by atoms with E-state index in [1.807, 2.05) is 31.2 Å². The maximum Gasteiger partial charge on any atom is 0.404 e. The Labute approximate surface area is 89.2 Å². The van der Waals surface area contributed by atoms with Crippen molar-refractivity contribution in [1.82, 2.24) is 0 Å². The first-order valence-electron chi connectivity index (χ1n) is 4.81. The molecule has 0 aliphatic rings. The van der Waals surface area contributed by atoms with E-state index in [4.69, 9.17) is 11.5 Å². The Morgan fingerprint density at radius 2 is 2.00 bits per heavy atom. The Morgan fingerprint density at radius 1 is 1.40 bits per heavy atom. The van der Waals surface area contributed by atoms with Crippen molar-refractivity contribution in [3.63, 3.8) is 0 Å². The lowest BCUT2D eigenvalue weighted by Crippen LogP contribution is -2.31. The first-order chi connectivity index (χ1) is 7.08. The molecule has 0 saturated heterocycles. The average molecular weight is 208 g/mol. The summed E-state index contributed by atoms with van der Waals surface area (Å²) in [6, 6.07) is 7.87. The minimum Gasteiger partial charge on any atom is -0.448 e. The topological polar surface area (TPSA) is 78.3 Å². The highest BCUT2D eigenvalue weighted by Crippen LogP contribution is 2.05. The fraction of sp³-hybridized carbons (Fsp3) is 0.364. The molecule has 4 N–H and O–H groups in total. The number of carbonyl (C=O) groups is 1. The average Bonchev–Trinajstić information content (AvgIpc) is 2.19. The van der Waals surface area contributed by atoms with E-state index in [1.165, 1.54) is 5.56 Å². The van der Waals surface area contributed by atoms with Crippen LogP contribution in [0.1, 0.15) is 11.1 Å². The van der Waals surface area contributed by atoms with Crippen LogP contribution in [0.15, 0.2) is 24.3 Å². The summed E-state index contributed by atoms with van der Waals surface area (Å²) >= 11 is 0. The van der Waals surface area contributed by atoms with Gasteiger partial charge in [0.2, 0.25) is 0 Å². The standard InChI is InChI=1S/C11H16N2O2/c1-8-2-4-9(5-3-8)6-10(12)7-15-11(13)14/h2-5,10H,6-7,12H2,1H3,(H2,13,14). The molecule has 4 heteroatoms. The number of hydrogen-bond acceptors (Lipinski definition) is 3. The van der Waals surface area contributed by atoms with Gasteiger partial charge in [0.1, 0.15) is 6.61 Å². The van der Waals surface area contributed by atoms with E-state index in [9.17, 15) is 4.79 Å². The molecule has 1 rings (SSSR count). The minimum atomic E-state index is -0.783. The smallest absolute Gasteiger partial charge is 0.404 e. The molecule has 4 nitrogen and oxygen atoms in total. The summed E-state index contributed by atoms with van der Waals surface area (Å²) in [5.74, 6) is 0. The molecule has 0 fully saturated rings. The third-order valence-electron chi connectivity index (χ3n) is 2.06. The van der Waals surface area contributed by atoms with Crippen LogP contribution >= 0.6 is 0 Å². The second-order valence-corrected chi connectivity index (χ2v) is 3.58. The monoisotopic (exact) mass is 208 g/mol. The van der Waals surface area contributed by atoms with Gasteiger partial charge in [0.25, 0.3) is 0 Å². The number of ether oxygens (including phenoxy) is 1. The van der Waals surface area contributed by atoms with Crippen molar-refractivity contribution in [2.45, 2.75) is 19.4 Å². The third-order valence-corrected chi connectivity index (χ3v) is 2.06. The first kappa shape index (κ1) is 11.5. The Morgan fingerprint density at radius 3 is 2.53 bits per heavy atom. The Hall–Kier alpha value is -1.55. The molecule has 0 radical (unpaired) electrons. The number of amides is 1. The molecule has 1 atom stereocenters. The molecule has 82 valence electrons. The third kappa shape index (κ3) is 4.46. The molecule has 0 bridgehead atoms. The second-order valence-electron chi connectivity index (χ2n) is 3.58. The molecule has 1 aromatic carbocycles. The van der Waals surface area contributed by atoms with Gasteiger partial charge in [-0.3, -0.25) is 0 Å². The van der Waals surface area contributed by atoms with Crippen molar-refractivity contribution in [3.05, 3.63) is 35.4 Å². The van der Waals surface area contributed by atoms with E-state index in [-0.39, 0.29) is 12.6 Å². The van der Waals surface area contributed by atoms with Crippen molar-refractivity contribution in [1.29, 1.82) is 0 Å². The Balaban J connectivity index is 2.40. The number of primary amides is 1. The number of nitrogens with two attached hydrogens (primary N) is 2. The summed E-state index contributed by atoms with van der Waals surface area (Å²) in [4.78, 5) is 10.3.